The van der Waals surface area contributed by atoms with Crippen LogP contribution >= 0.6 is 0 Å². The van der Waals surface area contributed by atoms with Crippen LogP contribution in [0.15, 0.2) is 53.1 Å². The molecular formula is C19H19N3O3. The first-order valence-corrected chi connectivity index (χ1v) is 8.30. The highest BCUT2D eigenvalue weighted by molar-refractivity contribution is 5.53. The molecule has 0 spiro atoms. The van der Waals surface area contributed by atoms with Gasteiger partial charge in [-0.15, -0.1) is 0 Å². The van der Waals surface area contributed by atoms with Crippen molar-refractivity contribution in [1.29, 1.82) is 0 Å². The molecule has 2 aromatic carbocycles. The highest BCUT2D eigenvalue weighted by Gasteiger charge is 2.16. The smallest absolute Gasteiger partial charge is 0.241 e. The fourth-order valence-electron chi connectivity index (χ4n) is 2.79. The number of fused-ring (bicyclic) bond motifs is 1. The van der Waals surface area contributed by atoms with Crippen LogP contribution < -0.4 is 9.47 Å². The Labute approximate surface area is 146 Å². The van der Waals surface area contributed by atoms with E-state index in [-0.39, 0.29) is 0 Å². The van der Waals surface area contributed by atoms with E-state index < -0.39 is 0 Å². The van der Waals surface area contributed by atoms with Crippen molar-refractivity contribution in [3.63, 3.8) is 0 Å². The third-order valence-electron chi connectivity index (χ3n) is 4.15. The van der Waals surface area contributed by atoms with Gasteiger partial charge in [-0.25, -0.2) is 0 Å². The van der Waals surface area contributed by atoms with Gasteiger partial charge in [0, 0.05) is 12.1 Å². The zero-order valence-corrected chi connectivity index (χ0v) is 14.0. The van der Waals surface area contributed by atoms with E-state index >= 15 is 0 Å². The van der Waals surface area contributed by atoms with Gasteiger partial charge in [0.05, 0.1) is 6.54 Å². The van der Waals surface area contributed by atoms with E-state index in [0.29, 0.717) is 25.1 Å². The summed E-state index contributed by atoms with van der Waals surface area (Å²) in [7, 11) is 0. The summed E-state index contributed by atoms with van der Waals surface area (Å²) in [6, 6.07) is 15.9. The van der Waals surface area contributed by atoms with E-state index in [0.717, 1.165) is 35.7 Å². The van der Waals surface area contributed by atoms with Gasteiger partial charge in [-0.3, -0.25) is 4.90 Å². The molecule has 25 heavy (non-hydrogen) atoms. The van der Waals surface area contributed by atoms with Crippen molar-refractivity contribution in [1.82, 2.24) is 15.0 Å². The fourth-order valence-corrected chi connectivity index (χ4v) is 2.79. The first kappa shape index (κ1) is 15.7. The summed E-state index contributed by atoms with van der Waals surface area (Å²) in [4.78, 5) is 6.74. The van der Waals surface area contributed by atoms with Gasteiger partial charge in [0.2, 0.25) is 18.5 Å². The summed E-state index contributed by atoms with van der Waals surface area (Å²) in [5.74, 6) is 2.84. The van der Waals surface area contributed by atoms with Gasteiger partial charge in [0.15, 0.2) is 11.5 Å². The predicted octanol–water partition coefficient (Wildman–Crippen LogP) is 3.49. The van der Waals surface area contributed by atoms with E-state index in [9.17, 15) is 0 Å². The van der Waals surface area contributed by atoms with Crippen LogP contribution in [0, 0.1) is 0 Å². The molecule has 0 aliphatic carbocycles. The van der Waals surface area contributed by atoms with E-state index in [4.69, 9.17) is 14.0 Å². The van der Waals surface area contributed by atoms with Gasteiger partial charge in [-0.2, -0.15) is 4.98 Å². The third-order valence-corrected chi connectivity index (χ3v) is 4.15. The van der Waals surface area contributed by atoms with Crippen LogP contribution in [0.5, 0.6) is 11.5 Å². The minimum Gasteiger partial charge on any atom is -0.454 e. The van der Waals surface area contributed by atoms with Crippen molar-refractivity contribution in [3.05, 3.63) is 60.0 Å². The molecule has 0 atom stereocenters. The van der Waals surface area contributed by atoms with Crippen molar-refractivity contribution in [2.24, 2.45) is 0 Å². The molecular weight excluding hydrogens is 318 g/mol. The number of nitrogens with zero attached hydrogens (tertiary/aromatic N) is 3. The first-order chi connectivity index (χ1) is 12.3. The number of hydrogen-bond donors (Lipinski definition) is 0. The highest BCUT2D eigenvalue weighted by atomic mass is 16.7. The Balaban J connectivity index is 1.45. The van der Waals surface area contributed by atoms with Crippen LogP contribution in [0.3, 0.4) is 0 Å². The molecule has 2 heterocycles. The molecule has 0 bridgehead atoms. The number of benzene rings is 2. The van der Waals surface area contributed by atoms with Gasteiger partial charge >= 0.3 is 0 Å². The number of ether oxygens (including phenoxy) is 2. The van der Waals surface area contributed by atoms with Crippen LogP contribution in [0.4, 0.5) is 0 Å². The van der Waals surface area contributed by atoms with Gasteiger partial charge in [-0.1, -0.05) is 48.5 Å². The Kier molecular flexibility index (Phi) is 4.35. The molecule has 1 aliphatic rings. The lowest BCUT2D eigenvalue weighted by Gasteiger charge is -2.18. The SMILES string of the molecule is CCN(Cc1ccc2c(c1)OCO2)Cc1nc(-c2ccccc2)no1. The minimum absolute atomic E-state index is 0.292. The van der Waals surface area contributed by atoms with Crippen molar-refractivity contribution >= 4 is 0 Å². The minimum atomic E-state index is 0.292. The monoisotopic (exact) mass is 337 g/mol. The van der Waals surface area contributed by atoms with E-state index in [1.807, 2.05) is 42.5 Å². The van der Waals surface area contributed by atoms with Crippen molar-refractivity contribution in [2.75, 3.05) is 13.3 Å². The Morgan fingerprint density at radius 1 is 1.00 bits per heavy atom. The lowest BCUT2D eigenvalue weighted by atomic mass is 10.2. The number of aromatic nitrogens is 2. The first-order valence-electron chi connectivity index (χ1n) is 8.30. The summed E-state index contributed by atoms with van der Waals surface area (Å²) in [5, 5.41) is 4.08. The Hall–Kier alpha value is -2.86. The molecule has 6 heteroatoms. The number of rotatable bonds is 6. The maximum Gasteiger partial charge on any atom is 0.241 e. The molecule has 0 unspecified atom stereocenters. The molecule has 1 aliphatic heterocycles. The standard InChI is InChI=1S/C19H19N3O3/c1-2-22(11-14-8-9-16-17(10-14)24-13-23-16)12-18-20-19(21-25-18)15-6-4-3-5-7-15/h3-10H,2,11-13H2,1H3. The molecule has 3 aromatic rings. The predicted molar refractivity (Wildman–Crippen MR) is 92.1 cm³/mol. The van der Waals surface area contributed by atoms with Crippen LogP contribution in [0.25, 0.3) is 11.4 Å². The molecule has 0 amide bonds. The van der Waals surface area contributed by atoms with Crippen LogP contribution in [-0.4, -0.2) is 28.4 Å². The maximum atomic E-state index is 5.44. The second-order valence-electron chi connectivity index (χ2n) is 5.87. The Morgan fingerprint density at radius 2 is 1.84 bits per heavy atom. The lowest BCUT2D eigenvalue weighted by molar-refractivity contribution is 0.174. The Bertz CT molecular complexity index is 848. The average Bonchev–Trinajstić information content (AvgIpc) is 3.30. The lowest BCUT2D eigenvalue weighted by Crippen LogP contribution is -2.22. The zero-order valence-electron chi connectivity index (χ0n) is 14.0. The van der Waals surface area contributed by atoms with Gasteiger partial charge < -0.3 is 14.0 Å². The molecule has 4 rings (SSSR count). The highest BCUT2D eigenvalue weighted by Crippen LogP contribution is 2.32. The molecule has 0 radical (unpaired) electrons. The van der Waals surface area contributed by atoms with Crippen molar-refractivity contribution in [2.45, 2.75) is 20.0 Å². The average molecular weight is 337 g/mol. The maximum absolute atomic E-state index is 5.44. The normalized spacial score (nSPS) is 12.7. The van der Waals surface area contributed by atoms with E-state index in [1.165, 1.54) is 0 Å². The fraction of sp³-hybridized carbons (Fsp3) is 0.263. The Morgan fingerprint density at radius 3 is 2.68 bits per heavy atom. The van der Waals surface area contributed by atoms with Crippen LogP contribution in [0.2, 0.25) is 0 Å². The summed E-state index contributed by atoms with van der Waals surface area (Å²) in [6.07, 6.45) is 0. The van der Waals surface area contributed by atoms with Gasteiger partial charge in [-0.05, 0) is 24.2 Å². The van der Waals surface area contributed by atoms with E-state index in [1.54, 1.807) is 0 Å². The summed E-state index contributed by atoms with van der Waals surface area (Å²) >= 11 is 0. The molecule has 0 N–H and O–H groups in total. The van der Waals surface area contributed by atoms with E-state index in [2.05, 4.69) is 28.0 Å². The van der Waals surface area contributed by atoms with Crippen molar-refractivity contribution in [3.8, 4) is 22.9 Å². The van der Waals surface area contributed by atoms with Gasteiger partial charge in [0.25, 0.3) is 0 Å². The van der Waals surface area contributed by atoms with Crippen LogP contribution in [0.1, 0.15) is 18.4 Å². The number of hydrogen-bond acceptors (Lipinski definition) is 6. The molecule has 6 nitrogen and oxygen atoms in total. The quantitative estimate of drug-likeness (QED) is 0.686. The largest absolute Gasteiger partial charge is 0.454 e. The van der Waals surface area contributed by atoms with Crippen molar-refractivity contribution < 1.29 is 14.0 Å². The summed E-state index contributed by atoms with van der Waals surface area (Å²) in [6.45, 7) is 4.65. The second kappa shape index (κ2) is 6.94. The second-order valence-corrected chi connectivity index (χ2v) is 5.87. The third kappa shape index (κ3) is 3.49. The molecule has 0 fully saturated rings. The van der Waals surface area contributed by atoms with Crippen LogP contribution in [-0.2, 0) is 13.1 Å². The summed E-state index contributed by atoms with van der Waals surface area (Å²) < 4.78 is 16.2. The molecule has 0 saturated carbocycles. The topological polar surface area (TPSA) is 60.6 Å². The molecule has 128 valence electrons. The summed E-state index contributed by atoms with van der Waals surface area (Å²) in [5.41, 5.74) is 2.12. The molecule has 0 saturated heterocycles. The van der Waals surface area contributed by atoms with Gasteiger partial charge in [0.1, 0.15) is 0 Å². The zero-order chi connectivity index (χ0) is 17.1. The molecule has 1 aromatic heterocycles.